The topological polar surface area (TPSA) is 75.7 Å². The van der Waals surface area contributed by atoms with Crippen LogP contribution in [-0.4, -0.2) is 33.0 Å². The first-order valence-electron chi connectivity index (χ1n) is 8.43. The number of carbonyl (C=O) groups is 1. The molecule has 0 aliphatic rings. The fourth-order valence-electron chi connectivity index (χ4n) is 2.66. The van der Waals surface area contributed by atoms with Crippen molar-refractivity contribution in [2.24, 2.45) is 0 Å². The average molecular weight is 485 g/mol. The van der Waals surface area contributed by atoms with Gasteiger partial charge in [0.2, 0.25) is 15.9 Å². The third kappa shape index (κ3) is 6.41. The Bertz CT molecular complexity index is 1020. The van der Waals surface area contributed by atoms with Crippen LogP contribution in [-0.2, 0) is 14.8 Å². The van der Waals surface area contributed by atoms with Crippen molar-refractivity contribution in [3.05, 3.63) is 52.5 Å². The van der Waals surface area contributed by atoms with Crippen LogP contribution in [0.3, 0.4) is 0 Å². The number of alkyl halides is 3. The molecular formula is C18H17Cl2F3N2O4S. The minimum Gasteiger partial charge on any atom is -0.406 e. The molecule has 0 heterocycles. The lowest BCUT2D eigenvalue weighted by Gasteiger charge is -2.30. The Labute approximate surface area is 181 Å². The predicted octanol–water partition coefficient (Wildman–Crippen LogP) is 5.08. The quantitative estimate of drug-likeness (QED) is 0.594. The van der Waals surface area contributed by atoms with E-state index in [0.29, 0.717) is 0 Å². The van der Waals surface area contributed by atoms with E-state index in [1.807, 2.05) is 0 Å². The summed E-state index contributed by atoms with van der Waals surface area (Å²) in [4.78, 5) is 12.8. The second kappa shape index (κ2) is 9.32. The van der Waals surface area contributed by atoms with Crippen LogP contribution in [0.25, 0.3) is 0 Å². The molecule has 0 spiro atoms. The molecule has 2 rings (SSSR count). The first-order valence-corrected chi connectivity index (χ1v) is 11.0. The number of rotatable bonds is 7. The molecule has 30 heavy (non-hydrogen) atoms. The highest BCUT2D eigenvalue weighted by Gasteiger charge is 2.33. The van der Waals surface area contributed by atoms with E-state index >= 15 is 0 Å². The Hall–Kier alpha value is -2.17. The lowest BCUT2D eigenvalue weighted by molar-refractivity contribution is -0.274. The van der Waals surface area contributed by atoms with Gasteiger partial charge in [0.25, 0.3) is 0 Å². The Balaban J connectivity index is 2.31. The first-order chi connectivity index (χ1) is 13.8. The highest BCUT2D eigenvalue weighted by atomic mass is 35.5. The fourth-order valence-corrected chi connectivity index (χ4v) is 4.30. The zero-order valence-electron chi connectivity index (χ0n) is 15.7. The number of sulfonamides is 1. The summed E-state index contributed by atoms with van der Waals surface area (Å²) >= 11 is 12.1. The zero-order chi connectivity index (χ0) is 22.7. The average Bonchev–Trinajstić information content (AvgIpc) is 2.61. The molecule has 1 N–H and O–H groups in total. The Morgan fingerprint density at radius 1 is 1.17 bits per heavy atom. The number of hydrogen-bond donors (Lipinski definition) is 1. The maximum Gasteiger partial charge on any atom is 0.573 e. The Kier molecular flexibility index (Phi) is 7.49. The van der Waals surface area contributed by atoms with Gasteiger partial charge in [-0.15, -0.1) is 13.2 Å². The zero-order valence-corrected chi connectivity index (χ0v) is 18.0. The van der Waals surface area contributed by atoms with Gasteiger partial charge in [-0.1, -0.05) is 30.1 Å². The van der Waals surface area contributed by atoms with E-state index in [-0.39, 0.29) is 27.8 Å². The minimum absolute atomic E-state index is 0.0302. The third-order valence-corrected chi connectivity index (χ3v) is 5.55. The molecule has 0 bridgehead atoms. The molecule has 0 unspecified atom stereocenters. The van der Waals surface area contributed by atoms with Crippen molar-refractivity contribution < 1.29 is 31.1 Å². The lowest BCUT2D eigenvalue weighted by Crippen LogP contribution is -2.47. The molecule has 0 saturated heterocycles. The van der Waals surface area contributed by atoms with Crippen molar-refractivity contribution in [1.82, 2.24) is 0 Å². The van der Waals surface area contributed by atoms with Crippen molar-refractivity contribution in [2.45, 2.75) is 25.7 Å². The number of ether oxygens (including phenoxy) is 1. The first kappa shape index (κ1) is 24.1. The van der Waals surface area contributed by atoms with Gasteiger partial charge in [0.15, 0.2) is 0 Å². The molecule has 0 saturated carbocycles. The molecule has 2 aromatic carbocycles. The number of amides is 1. The van der Waals surface area contributed by atoms with Crippen molar-refractivity contribution >= 4 is 50.5 Å². The largest absolute Gasteiger partial charge is 0.573 e. The van der Waals surface area contributed by atoms with E-state index in [1.54, 1.807) is 6.92 Å². The van der Waals surface area contributed by atoms with E-state index in [4.69, 9.17) is 23.2 Å². The number of hydrogen-bond acceptors (Lipinski definition) is 4. The SMILES string of the molecule is CC[C@@H](C(=O)Nc1ccc(OC(F)(F)F)cc1)N(c1cc(Cl)ccc1Cl)S(C)(=O)=O. The van der Waals surface area contributed by atoms with E-state index in [1.165, 1.54) is 30.3 Å². The van der Waals surface area contributed by atoms with Crippen LogP contribution in [0.1, 0.15) is 13.3 Å². The van der Waals surface area contributed by atoms with Crippen LogP contribution in [0.4, 0.5) is 24.5 Å². The van der Waals surface area contributed by atoms with E-state index in [9.17, 15) is 26.4 Å². The van der Waals surface area contributed by atoms with Crippen LogP contribution >= 0.6 is 23.2 Å². The molecule has 0 aliphatic heterocycles. The van der Waals surface area contributed by atoms with Crippen molar-refractivity contribution in [1.29, 1.82) is 0 Å². The van der Waals surface area contributed by atoms with Crippen LogP contribution in [0.2, 0.25) is 10.0 Å². The number of nitrogens with zero attached hydrogens (tertiary/aromatic N) is 1. The third-order valence-electron chi connectivity index (χ3n) is 3.83. The van der Waals surface area contributed by atoms with Crippen LogP contribution in [0.15, 0.2) is 42.5 Å². The minimum atomic E-state index is -4.84. The molecule has 0 radical (unpaired) electrons. The second-order valence-corrected chi connectivity index (χ2v) is 8.84. The van der Waals surface area contributed by atoms with Gasteiger partial charge >= 0.3 is 6.36 Å². The van der Waals surface area contributed by atoms with Crippen molar-refractivity contribution in [3.63, 3.8) is 0 Å². The predicted molar refractivity (Wildman–Crippen MR) is 110 cm³/mol. The molecule has 1 amide bonds. The summed E-state index contributed by atoms with van der Waals surface area (Å²) in [5, 5.41) is 2.78. The monoisotopic (exact) mass is 484 g/mol. The Morgan fingerprint density at radius 3 is 2.27 bits per heavy atom. The number of anilines is 2. The summed E-state index contributed by atoms with van der Waals surface area (Å²) in [5.74, 6) is -1.17. The number of halogens is 5. The smallest absolute Gasteiger partial charge is 0.406 e. The molecule has 0 aliphatic carbocycles. The summed E-state index contributed by atoms with van der Waals surface area (Å²) in [5.41, 5.74) is 0.182. The normalized spacial score (nSPS) is 12.9. The second-order valence-electron chi connectivity index (χ2n) is 6.14. The maximum absolute atomic E-state index is 12.8. The molecule has 0 aromatic heterocycles. The molecule has 1 atom stereocenters. The number of nitrogens with one attached hydrogen (secondary N) is 1. The van der Waals surface area contributed by atoms with Gasteiger partial charge in [0.05, 0.1) is 17.0 Å². The summed E-state index contributed by atoms with van der Waals surface area (Å²) in [7, 11) is -3.95. The lowest BCUT2D eigenvalue weighted by atomic mass is 10.1. The van der Waals surface area contributed by atoms with E-state index in [2.05, 4.69) is 10.1 Å². The molecule has 2 aromatic rings. The van der Waals surface area contributed by atoms with Gasteiger partial charge in [-0.25, -0.2) is 8.42 Å². The van der Waals surface area contributed by atoms with Crippen LogP contribution in [0, 0.1) is 0 Å². The van der Waals surface area contributed by atoms with Gasteiger partial charge < -0.3 is 10.1 Å². The molecule has 0 fully saturated rings. The van der Waals surface area contributed by atoms with Gasteiger partial charge in [-0.2, -0.15) is 0 Å². The van der Waals surface area contributed by atoms with Crippen molar-refractivity contribution in [2.75, 3.05) is 15.9 Å². The number of carbonyl (C=O) groups excluding carboxylic acids is 1. The molecular weight excluding hydrogens is 468 g/mol. The van der Waals surface area contributed by atoms with Gasteiger partial charge in [0, 0.05) is 10.7 Å². The van der Waals surface area contributed by atoms with Crippen LogP contribution < -0.4 is 14.4 Å². The van der Waals surface area contributed by atoms with Crippen molar-refractivity contribution in [3.8, 4) is 5.75 Å². The maximum atomic E-state index is 12.8. The highest BCUT2D eigenvalue weighted by Crippen LogP contribution is 2.33. The van der Waals surface area contributed by atoms with Gasteiger partial charge in [-0.05, 0) is 48.9 Å². The van der Waals surface area contributed by atoms with E-state index < -0.39 is 34.1 Å². The Morgan fingerprint density at radius 2 is 1.77 bits per heavy atom. The number of benzene rings is 2. The summed E-state index contributed by atoms with van der Waals surface area (Å²) in [6.45, 7) is 1.60. The van der Waals surface area contributed by atoms with E-state index in [0.717, 1.165) is 22.7 Å². The van der Waals surface area contributed by atoms with Crippen LogP contribution in [0.5, 0.6) is 5.75 Å². The molecule has 6 nitrogen and oxygen atoms in total. The van der Waals surface area contributed by atoms with Gasteiger partial charge in [-0.3, -0.25) is 9.10 Å². The summed E-state index contributed by atoms with van der Waals surface area (Å²) in [6.07, 6.45) is -3.84. The summed E-state index contributed by atoms with van der Waals surface area (Å²) < 4.78 is 66.3. The standard InChI is InChI=1S/C18H17Cl2F3N2O4S/c1-3-15(25(30(2,27)28)16-10-11(19)4-9-14(16)20)17(26)24-12-5-7-13(8-6-12)29-18(21,22)23/h4-10,15H,3H2,1-2H3,(H,24,26)/t15-/m0/s1. The highest BCUT2D eigenvalue weighted by molar-refractivity contribution is 7.92. The fraction of sp³-hybridized carbons (Fsp3) is 0.278. The van der Waals surface area contributed by atoms with Gasteiger partial charge in [0.1, 0.15) is 11.8 Å². The molecule has 164 valence electrons. The summed E-state index contributed by atoms with van der Waals surface area (Å²) in [6, 6.07) is 7.44. The molecule has 12 heteroatoms.